The summed E-state index contributed by atoms with van der Waals surface area (Å²) in [7, 11) is 1.62. The number of hydrogen-bond acceptors (Lipinski definition) is 5. The summed E-state index contributed by atoms with van der Waals surface area (Å²) in [5, 5.41) is 8.47. The Morgan fingerprint density at radius 1 is 1.25 bits per heavy atom. The minimum absolute atomic E-state index is 0.162. The number of aromatic nitrogens is 4. The molecule has 1 fully saturated rings. The van der Waals surface area contributed by atoms with Crippen LogP contribution in [0, 0.1) is 6.92 Å². The van der Waals surface area contributed by atoms with E-state index in [0.717, 1.165) is 45.4 Å². The van der Waals surface area contributed by atoms with Crippen molar-refractivity contribution >= 4 is 32.9 Å². The number of ether oxygens (including phenoxy) is 1. The number of aryl methyl sites for hydroxylation is 1. The van der Waals surface area contributed by atoms with E-state index < -0.39 is 0 Å². The Kier molecular flexibility index (Phi) is 5.38. The van der Waals surface area contributed by atoms with Crippen molar-refractivity contribution in [1.82, 2.24) is 25.1 Å². The summed E-state index contributed by atoms with van der Waals surface area (Å²) < 4.78 is 8.09. The van der Waals surface area contributed by atoms with Gasteiger partial charge in [-0.1, -0.05) is 22.0 Å². The molecule has 0 aliphatic heterocycles. The molecule has 0 spiro atoms. The largest absolute Gasteiger partial charge is 0.496 e. The number of benzene rings is 1. The lowest BCUT2D eigenvalue weighted by molar-refractivity contribution is 0.0952. The molecule has 1 saturated carbocycles. The Labute approximate surface area is 194 Å². The predicted molar refractivity (Wildman–Crippen MR) is 125 cm³/mol. The molecule has 0 radical (unpaired) electrons. The lowest BCUT2D eigenvalue weighted by atomic mass is 10.1. The van der Waals surface area contributed by atoms with Crippen LogP contribution in [0.3, 0.4) is 0 Å². The van der Waals surface area contributed by atoms with Crippen LogP contribution in [0.15, 0.2) is 53.1 Å². The normalized spacial score (nSPS) is 13.3. The number of pyridine rings is 2. The Morgan fingerprint density at radius 3 is 2.81 bits per heavy atom. The average molecular weight is 492 g/mol. The number of fused-ring (bicyclic) bond motifs is 1. The Hall–Kier alpha value is -3.26. The first-order valence-corrected chi connectivity index (χ1v) is 11.3. The highest BCUT2D eigenvalue weighted by Gasteiger charge is 2.29. The van der Waals surface area contributed by atoms with Gasteiger partial charge >= 0.3 is 0 Å². The quantitative estimate of drug-likeness (QED) is 0.422. The number of hydrogen-bond donors (Lipinski definition) is 1. The first kappa shape index (κ1) is 20.6. The van der Waals surface area contributed by atoms with Crippen molar-refractivity contribution in [3.8, 4) is 11.6 Å². The second-order valence-corrected chi connectivity index (χ2v) is 8.81. The molecule has 0 atom stereocenters. The molecule has 1 aliphatic rings. The molecule has 162 valence electrons. The number of rotatable bonds is 6. The van der Waals surface area contributed by atoms with E-state index in [2.05, 4.69) is 31.3 Å². The molecule has 8 heteroatoms. The second-order valence-electron chi connectivity index (χ2n) is 7.89. The van der Waals surface area contributed by atoms with E-state index in [0.29, 0.717) is 29.5 Å². The molecule has 0 saturated heterocycles. The molecule has 1 N–H and O–H groups in total. The summed E-state index contributed by atoms with van der Waals surface area (Å²) in [6.45, 7) is 2.24. The molecule has 1 aromatic carbocycles. The van der Waals surface area contributed by atoms with Crippen LogP contribution in [-0.2, 0) is 6.54 Å². The summed E-state index contributed by atoms with van der Waals surface area (Å²) in [6.07, 6.45) is 3.90. The molecular weight excluding hydrogens is 470 g/mol. The zero-order valence-corrected chi connectivity index (χ0v) is 19.4. The van der Waals surface area contributed by atoms with E-state index in [9.17, 15) is 4.79 Å². The van der Waals surface area contributed by atoms with Crippen LogP contribution in [0.25, 0.3) is 16.9 Å². The fraction of sp³-hybridized carbons (Fsp3) is 0.250. The van der Waals surface area contributed by atoms with Crippen molar-refractivity contribution in [3.05, 3.63) is 75.6 Å². The maximum Gasteiger partial charge on any atom is 0.252 e. The number of halogens is 1. The third-order valence-corrected chi connectivity index (χ3v) is 6.11. The molecule has 0 bridgehead atoms. The van der Waals surface area contributed by atoms with Crippen molar-refractivity contribution < 1.29 is 9.53 Å². The Balaban J connectivity index is 1.55. The lowest BCUT2D eigenvalue weighted by Gasteiger charge is -2.12. The van der Waals surface area contributed by atoms with Gasteiger partial charge in [0.05, 0.1) is 23.8 Å². The standard InChI is InChI=1S/C24H22BrN5O2/c1-14-22-18(24(31)27-13-16-11-17(25)8-9-20(16)32-2)12-19(15-6-7-15)28-23(22)30(29-14)21-5-3-4-10-26-21/h3-5,8-12,15H,6-7,13H2,1-2H3,(H,27,31). The van der Waals surface area contributed by atoms with Crippen molar-refractivity contribution in [2.45, 2.75) is 32.2 Å². The number of amides is 1. The van der Waals surface area contributed by atoms with E-state index in [1.165, 1.54) is 0 Å². The lowest BCUT2D eigenvalue weighted by Crippen LogP contribution is -2.24. The van der Waals surface area contributed by atoms with Gasteiger partial charge in [-0.25, -0.2) is 9.97 Å². The van der Waals surface area contributed by atoms with Gasteiger partial charge in [-0.15, -0.1) is 0 Å². The third kappa shape index (κ3) is 3.86. The molecule has 32 heavy (non-hydrogen) atoms. The van der Waals surface area contributed by atoms with Crippen molar-refractivity contribution in [2.24, 2.45) is 0 Å². The SMILES string of the molecule is COc1ccc(Br)cc1CNC(=O)c1cc(C2CC2)nc2c1c(C)nn2-c1ccccn1. The van der Waals surface area contributed by atoms with Gasteiger partial charge in [0, 0.05) is 34.4 Å². The zero-order valence-electron chi connectivity index (χ0n) is 17.8. The highest BCUT2D eigenvalue weighted by Crippen LogP contribution is 2.40. The van der Waals surface area contributed by atoms with Crippen LogP contribution in [0.5, 0.6) is 5.75 Å². The van der Waals surface area contributed by atoms with Crippen molar-refractivity contribution in [3.63, 3.8) is 0 Å². The summed E-state index contributed by atoms with van der Waals surface area (Å²) in [5.74, 6) is 1.64. The minimum Gasteiger partial charge on any atom is -0.496 e. The van der Waals surface area contributed by atoms with Crippen molar-refractivity contribution in [2.75, 3.05) is 7.11 Å². The fourth-order valence-corrected chi connectivity index (χ4v) is 4.28. The van der Waals surface area contributed by atoms with Crippen LogP contribution < -0.4 is 10.1 Å². The minimum atomic E-state index is -0.162. The fourth-order valence-electron chi connectivity index (χ4n) is 3.87. The van der Waals surface area contributed by atoms with Gasteiger partial charge in [0.1, 0.15) is 5.75 Å². The molecule has 3 heterocycles. The number of carbonyl (C=O) groups excluding carboxylic acids is 1. The molecule has 1 aliphatic carbocycles. The van der Waals surface area contributed by atoms with Gasteiger partial charge in [0.2, 0.25) is 0 Å². The van der Waals surface area contributed by atoms with Gasteiger partial charge in [-0.2, -0.15) is 9.78 Å². The maximum atomic E-state index is 13.4. The van der Waals surface area contributed by atoms with E-state index >= 15 is 0 Å². The monoisotopic (exact) mass is 491 g/mol. The van der Waals surface area contributed by atoms with Crippen molar-refractivity contribution in [1.29, 1.82) is 0 Å². The topological polar surface area (TPSA) is 81.9 Å². The second kappa shape index (κ2) is 8.35. The summed E-state index contributed by atoms with van der Waals surface area (Å²) in [6, 6.07) is 13.3. The molecule has 0 unspecified atom stereocenters. The summed E-state index contributed by atoms with van der Waals surface area (Å²) >= 11 is 3.48. The first-order chi connectivity index (χ1) is 15.5. The molecule has 1 amide bonds. The first-order valence-electron chi connectivity index (χ1n) is 10.5. The van der Waals surface area contributed by atoms with Gasteiger partial charge in [-0.3, -0.25) is 4.79 Å². The number of nitrogens with one attached hydrogen (secondary N) is 1. The smallest absolute Gasteiger partial charge is 0.252 e. The van der Waals surface area contributed by atoms with Crippen LogP contribution in [0.2, 0.25) is 0 Å². The van der Waals surface area contributed by atoms with E-state index in [1.807, 2.05) is 49.4 Å². The summed E-state index contributed by atoms with van der Waals surface area (Å²) in [4.78, 5) is 22.7. The zero-order chi connectivity index (χ0) is 22.2. The highest BCUT2D eigenvalue weighted by atomic mass is 79.9. The van der Waals surface area contributed by atoms with E-state index in [-0.39, 0.29) is 5.91 Å². The third-order valence-electron chi connectivity index (χ3n) is 5.62. The number of nitrogens with zero attached hydrogens (tertiary/aromatic N) is 4. The van der Waals surface area contributed by atoms with Gasteiger partial charge < -0.3 is 10.1 Å². The van der Waals surface area contributed by atoms with Crippen LogP contribution >= 0.6 is 15.9 Å². The molecule has 7 nitrogen and oxygen atoms in total. The van der Waals surface area contributed by atoms with E-state index in [1.54, 1.807) is 18.0 Å². The van der Waals surface area contributed by atoms with E-state index in [4.69, 9.17) is 9.72 Å². The predicted octanol–water partition coefficient (Wildman–Crippen LogP) is 4.70. The number of carbonyl (C=O) groups is 1. The van der Waals surface area contributed by atoms with Crippen LogP contribution in [0.1, 0.15) is 46.1 Å². The molecule has 3 aromatic heterocycles. The van der Waals surface area contributed by atoms with Gasteiger partial charge in [0.25, 0.3) is 5.91 Å². The van der Waals surface area contributed by atoms with Crippen LogP contribution in [-0.4, -0.2) is 32.8 Å². The molecular formula is C24H22BrN5O2. The summed E-state index contributed by atoms with van der Waals surface area (Å²) in [5.41, 5.74) is 3.82. The highest BCUT2D eigenvalue weighted by molar-refractivity contribution is 9.10. The Bertz CT molecular complexity index is 1320. The molecule has 4 aromatic rings. The number of methoxy groups -OCH3 is 1. The van der Waals surface area contributed by atoms with Gasteiger partial charge in [-0.05, 0) is 56.2 Å². The average Bonchev–Trinajstić information content (AvgIpc) is 3.61. The maximum absolute atomic E-state index is 13.4. The van der Waals surface area contributed by atoms with Crippen LogP contribution in [0.4, 0.5) is 0 Å². The Morgan fingerprint density at radius 2 is 2.09 bits per heavy atom. The molecule has 5 rings (SSSR count). The van der Waals surface area contributed by atoms with Gasteiger partial charge in [0.15, 0.2) is 11.5 Å².